The second-order valence-corrected chi connectivity index (χ2v) is 4.84. The van der Waals surface area contributed by atoms with Gasteiger partial charge in [-0.3, -0.25) is 4.79 Å². The number of hydrogen-bond donors (Lipinski definition) is 2. The van der Waals surface area contributed by atoms with Crippen molar-refractivity contribution in [2.24, 2.45) is 11.8 Å². The van der Waals surface area contributed by atoms with Crippen LogP contribution in [-0.2, 0) is 10.4 Å². The molecular formula is C13H16F2O3. The Kier molecular flexibility index (Phi) is 4.06. The van der Waals surface area contributed by atoms with E-state index in [4.69, 9.17) is 5.11 Å². The normalized spacial score (nSPS) is 16.4. The molecule has 1 aromatic carbocycles. The quantitative estimate of drug-likeness (QED) is 0.872. The number of hydrogen-bond acceptors (Lipinski definition) is 2. The van der Waals surface area contributed by atoms with E-state index in [1.54, 1.807) is 13.8 Å². The summed E-state index contributed by atoms with van der Waals surface area (Å²) in [6, 6.07) is 2.89. The fraction of sp³-hybridized carbons (Fsp3) is 0.462. The lowest BCUT2D eigenvalue weighted by molar-refractivity contribution is -0.155. The molecule has 3 nitrogen and oxygen atoms in total. The van der Waals surface area contributed by atoms with Gasteiger partial charge in [-0.1, -0.05) is 19.9 Å². The van der Waals surface area contributed by atoms with E-state index < -0.39 is 29.1 Å². The summed E-state index contributed by atoms with van der Waals surface area (Å²) in [6.45, 7) is 4.58. The van der Waals surface area contributed by atoms with Crippen LogP contribution in [0.1, 0.15) is 26.3 Å². The second kappa shape index (κ2) is 5.02. The molecule has 0 aromatic heterocycles. The lowest BCUT2D eigenvalue weighted by atomic mass is 9.76. The van der Waals surface area contributed by atoms with Crippen molar-refractivity contribution in [2.75, 3.05) is 0 Å². The fourth-order valence-electron chi connectivity index (χ4n) is 2.17. The Balaban J connectivity index is 3.25. The van der Waals surface area contributed by atoms with E-state index in [-0.39, 0.29) is 11.5 Å². The van der Waals surface area contributed by atoms with Crippen molar-refractivity contribution in [3.63, 3.8) is 0 Å². The highest BCUT2D eigenvalue weighted by molar-refractivity contribution is 5.72. The van der Waals surface area contributed by atoms with Crippen LogP contribution < -0.4 is 0 Å². The minimum Gasteiger partial charge on any atom is -0.481 e. The molecule has 0 fully saturated rings. The summed E-state index contributed by atoms with van der Waals surface area (Å²) in [6.07, 6.45) is 0. The molecule has 1 aromatic rings. The maximum atomic E-state index is 13.1. The first kappa shape index (κ1) is 14.6. The molecule has 0 amide bonds. The maximum absolute atomic E-state index is 13.1. The summed E-state index contributed by atoms with van der Waals surface area (Å²) in [4.78, 5) is 11.2. The molecule has 0 aliphatic carbocycles. The van der Waals surface area contributed by atoms with E-state index in [9.17, 15) is 18.7 Å². The topological polar surface area (TPSA) is 57.5 Å². The Morgan fingerprint density at radius 2 is 1.83 bits per heavy atom. The Bertz CT molecular complexity index is 456. The first-order valence-corrected chi connectivity index (χ1v) is 5.58. The molecule has 2 N–H and O–H groups in total. The van der Waals surface area contributed by atoms with Gasteiger partial charge in [0, 0.05) is 0 Å². The van der Waals surface area contributed by atoms with E-state index in [2.05, 4.69) is 0 Å². The summed E-state index contributed by atoms with van der Waals surface area (Å²) in [7, 11) is 0. The van der Waals surface area contributed by atoms with Gasteiger partial charge < -0.3 is 10.2 Å². The lowest BCUT2D eigenvalue weighted by Crippen LogP contribution is -2.40. The predicted octanol–water partition coefficient (Wildman–Crippen LogP) is 2.53. The van der Waals surface area contributed by atoms with Crippen LogP contribution in [0.25, 0.3) is 0 Å². The number of rotatable bonds is 4. The zero-order chi connectivity index (χ0) is 14.1. The zero-order valence-corrected chi connectivity index (χ0v) is 10.4. The van der Waals surface area contributed by atoms with Crippen LogP contribution >= 0.6 is 0 Å². The van der Waals surface area contributed by atoms with Gasteiger partial charge in [-0.25, -0.2) is 8.78 Å². The van der Waals surface area contributed by atoms with Crippen molar-refractivity contribution in [1.29, 1.82) is 0 Å². The number of carbonyl (C=O) groups is 1. The minimum atomic E-state index is -1.77. The monoisotopic (exact) mass is 258 g/mol. The number of benzene rings is 1. The Morgan fingerprint density at radius 3 is 2.22 bits per heavy atom. The largest absolute Gasteiger partial charge is 0.481 e. The number of aliphatic carboxylic acids is 1. The van der Waals surface area contributed by atoms with Crippen molar-refractivity contribution in [1.82, 2.24) is 0 Å². The number of carboxylic acids is 1. The molecule has 2 atom stereocenters. The van der Waals surface area contributed by atoms with E-state index in [0.29, 0.717) is 0 Å². The molecular weight excluding hydrogens is 242 g/mol. The Hall–Kier alpha value is -1.49. The first-order valence-electron chi connectivity index (χ1n) is 5.58. The van der Waals surface area contributed by atoms with Gasteiger partial charge in [0.1, 0.15) is 5.60 Å². The average molecular weight is 258 g/mol. The Labute approximate surface area is 104 Å². The van der Waals surface area contributed by atoms with Crippen LogP contribution in [-0.4, -0.2) is 16.2 Å². The Morgan fingerprint density at radius 1 is 1.28 bits per heavy atom. The van der Waals surface area contributed by atoms with Crippen molar-refractivity contribution >= 4 is 5.97 Å². The van der Waals surface area contributed by atoms with Crippen LogP contribution in [0.15, 0.2) is 18.2 Å². The SMILES string of the molecule is CC(C)C(C(=O)O)C(C)(O)c1ccc(F)c(F)c1. The molecule has 2 unspecified atom stereocenters. The zero-order valence-electron chi connectivity index (χ0n) is 10.4. The molecule has 1 rings (SSSR count). The highest BCUT2D eigenvalue weighted by atomic mass is 19.2. The van der Waals surface area contributed by atoms with Gasteiger partial charge in [-0.15, -0.1) is 0 Å². The minimum absolute atomic E-state index is 0.0440. The fourth-order valence-corrected chi connectivity index (χ4v) is 2.17. The van der Waals surface area contributed by atoms with Crippen LogP contribution in [0.5, 0.6) is 0 Å². The molecule has 18 heavy (non-hydrogen) atoms. The van der Waals surface area contributed by atoms with Crippen molar-refractivity contribution < 1.29 is 23.8 Å². The van der Waals surface area contributed by atoms with Crippen molar-refractivity contribution in [3.05, 3.63) is 35.4 Å². The summed E-state index contributed by atoms with van der Waals surface area (Å²) in [5.41, 5.74) is -1.73. The molecule has 0 saturated heterocycles. The van der Waals surface area contributed by atoms with E-state index in [1.807, 2.05) is 0 Å². The highest BCUT2D eigenvalue weighted by Crippen LogP contribution is 2.35. The van der Waals surface area contributed by atoms with Crippen LogP contribution in [0.4, 0.5) is 8.78 Å². The molecule has 0 spiro atoms. The molecule has 5 heteroatoms. The predicted molar refractivity (Wildman–Crippen MR) is 61.9 cm³/mol. The maximum Gasteiger partial charge on any atom is 0.310 e. The smallest absolute Gasteiger partial charge is 0.310 e. The van der Waals surface area contributed by atoms with Crippen molar-refractivity contribution in [3.8, 4) is 0 Å². The van der Waals surface area contributed by atoms with Gasteiger partial charge in [-0.2, -0.15) is 0 Å². The van der Waals surface area contributed by atoms with Crippen LogP contribution in [0.3, 0.4) is 0 Å². The van der Waals surface area contributed by atoms with Gasteiger partial charge in [0.15, 0.2) is 11.6 Å². The third-order valence-corrected chi connectivity index (χ3v) is 3.04. The average Bonchev–Trinajstić information content (AvgIpc) is 2.19. The molecule has 0 saturated carbocycles. The van der Waals surface area contributed by atoms with Gasteiger partial charge in [0.05, 0.1) is 5.92 Å². The number of halogens is 2. The highest BCUT2D eigenvalue weighted by Gasteiger charge is 2.41. The van der Waals surface area contributed by atoms with E-state index >= 15 is 0 Å². The van der Waals surface area contributed by atoms with E-state index in [0.717, 1.165) is 12.1 Å². The van der Waals surface area contributed by atoms with Gasteiger partial charge >= 0.3 is 5.97 Å². The number of aliphatic hydroxyl groups is 1. The third kappa shape index (κ3) is 2.67. The van der Waals surface area contributed by atoms with Gasteiger partial charge in [-0.05, 0) is 30.5 Å². The molecule has 100 valence electrons. The lowest BCUT2D eigenvalue weighted by Gasteiger charge is -2.33. The number of carboxylic acid groups (broad SMARTS) is 1. The molecule has 0 bridgehead atoms. The van der Waals surface area contributed by atoms with Gasteiger partial charge in [0.2, 0.25) is 0 Å². The molecule has 0 radical (unpaired) electrons. The first-order chi connectivity index (χ1) is 8.17. The standard InChI is InChI=1S/C13H16F2O3/c1-7(2)11(12(16)17)13(3,18)8-4-5-9(14)10(15)6-8/h4-7,11,18H,1-3H3,(H,16,17). The summed E-state index contributed by atoms with van der Waals surface area (Å²) < 4.78 is 26.0. The van der Waals surface area contributed by atoms with E-state index in [1.165, 1.54) is 13.0 Å². The summed E-state index contributed by atoms with van der Waals surface area (Å²) in [5.74, 6) is -4.79. The van der Waals surface area contributed by atoms with Gasteiger partial charge in [0.25, 0.3) is 0 Å². The van der Waals surface area contributed by atoms with Crippen LogP contribution in [0, 0.1) is 23.5 Å². The van der Waals surface area contributed by atoms with Crippen molar-refractivity contribution in [2.45, 2.75) is 26.4 Å². The second-order valence-electron chi connectivity index (χ2n) is 4.84. The molecule has 0 aliphatic heterocycles. The van der Waals surface area contributed by atoms with Crippen LogP contribution in [0.2, 0.25) is 0 Å². The molecule has 0 aliphatic rings. The molecule has 0 heterocycles. The summed E-state index contributed by atoms with van der Waals surface area (Å²) >= 11 is 0. The third-order valence-electron chi connectivity index (χ3n) is 3.04. The summed E-state index contributed by atoms with van der Waals surface area (Å²) in [5, 5.41) is 19.5.